The summed E-state index contributed by atoms with van der Waals surface area (Å²) in [6, 6.07) is 11.2. The molecule has 1 amide bonds. The lowest BCUT2D eigenvalue weighted by Gasteiger charge is -2.16. The SMILES string of the molecule is CC(=O)Nc1ccc(S(=O)(=O)N(C)CC(=O)OCc2cn3ccccc3n2)cc1. The maximum atomic E-state index is 12.6. The molecule has 2 heterocycles. The zero-order valence-electron chi connectivity index (χ0n) is 15.9. The highest BCUT2D eigenvalue weighted by Gasteiger charge is 2.23. The number of nitrogens with zero attached hydrogens (tertiary/aromatic N) is 3. The largest absolute Gasteiger partial charge is 0.458 e. The van der Waals surface area contributed by atoms with Crippen LogP contribution in [0.3, 0.4) is 0 Å². The van der Waals surface area contributed by atoms with Crippen molar-refractivity contribution in [2.45, 2.75) is 18.4 Å². The van der Waals surface area contributed by atoms with Gasteiger partial charge in [-0.25, -0.2) is 13.4 Å². The molecule has 0 atom stereocenters. The Morgan fingerprint density at radius 1 is 1.17 bits per heavy atom. The van der Waals surface area contributed by atoms with E-state index in [9.17, 15) is 18.0 Å². The molecule has 1 N–H and O–H groups in total. The first-order chi connectivity index (χ1) is 13.8. The average molecular weight is 416 g/mol. The van der Waals surface area contributed by atoms with Crippen molar-refractivity contribution in [2.75, 3.05) is 18.9 Å². The van der Waals surface area contributed by atoms with Crippen LogP contribution >= 0.6 is 0 Å². The minimum atomic E-state index is -3.88. The van der Waals surface area contributed by atoms with Crippen molar-refractivity contribution >= 4 is 33.2 Å². The molecule has 0 unspecified atom stereocenters. The fourth-order valence-electron chi connectivity index (χ4n) is 2.62. The molecule has 152 valence electrons. The molecule has 0 fully saturated rings. The molecule has 9 nitrogen and oxygen atoms in total. The van der Waals surface area contributed by atoms with Crippen molar-refractivity contribution in [1.82, 2.24) is 13.7 Å². The van der Waals surface area contributed by atoms with E-state index in [4.69, 9.17) is 4.74 Å². The van der Waals surface area contributed by atoms with Crippen molar-refractivity contribution < 1.29 is 22.7 Å². The van der Waals surface area contributed by atoms with Crippen LogP contribution in [0.15, 0.2) is 59.8 Å². The summed E-state index contributed by atoms with van der Waals surface area (Å²) in [6.45, 7) is 0.860. The number of hydrogen-bond acceptors (Lipinski definition) is 6. The van der Waals surface area contributed by atoms with Crippen LogP contribution in [0.2, 0.25) is 0 Å². The number of nitrogens with one attached hydrogen (secondary N) is 1. The second-order valence-electron chi connectivity index (χ2n) is 6.33. The summed E-state index contributed by atoms with van der Waals surface area (Å²) in [4.78, 5) is 27.4. The number of hydrogen-bond donors (Lipinski definition) is 1. The van der Waals surface area contributed by atoms with Gasteiger partial charge in [0.1, 0.15) is 18.8 Å². The van der Waals surface area contributed by atoms with E-state index in [-0.39, 0.29) is 17.4 Å². The molecule has 0 saturated carbocycles. The first-order valence-corrected chi connectivity index (χ1v) is 10.1. The van der Waals surface area contributed by atoms with Crippen LogP contribution in [0.4, 0.5) is 5.69 Å². The minimum Gasteiger partial charge on any atom is -0.458 e. The van der Waals surface area contributed by atoms with Gasteiger partial charge in [0.2, 0.25) is 15.9 Å². The number of anilines is 1. The van der Waals surface area contributed by atoms with Crippen LogP contribution in [0.1, 0.15) is 12.6 Å². The zero-order chi connectivity index (χ0) is 21.0. The van der Waals surface area contributed by atoms with Crippen LogP contribution in [0.5, 0.6) is 0 Å². The molecule has 29 heavy (non-hydrogen) atoms. The van der Waals surface area contributed by atoms with E-state index in [1.807, 2.05) is 24.4 Å². The van der Waals surface area contributed by atoms with Crippen LogP contribution in [0, 0.1) is 0 Å². The number of fused-ring (bicyclic) bond motifs is 1. The van der Waals surface area contributed by atoms with Gasteiger partial charge in [0, 0.05) is 32.1 Å². The molecule has 1 aromatic carbocycles. The number of amides is 1. The van der Waals surface area contributed by atoms with E-state index >= 15 is 0 Å². The lowest BCUT2D eigenvalue weighted by Crippen LogP contribution is -2.33. The molecule has 0 saturated heterocycles. The standard InChI is InChI=1S/C19H20N4O5S/c1-14(24)20-15-6-8-17(9-7-15)29(26,27)22(2)12-19(25)28-13-16-11-23-10-4-3-5-18(23)21-16/h3-11H,12-13H2,1-2H3,(H,20,24). The molecule has 0 radical (unpaired) electrons. The summed E-state index contributed by atoms with van der Waals surface area (Å²) in [7, 11) is -2.59. The smallest absolute Gasteiger partial charge is 0.321 e. The van der Waals surface area contributed by atoms with Crippen LogP contribution in [0.25, 0.3) is 5.65 Å². The number of sulfonamides is 1. The molecule has 0 aliphatic carbocycles. The van der Waals surface area contributed by atoms with Gasteiger partial charge in [0.05, 0.1) is 10.6 Å². The van der Waals surface area contributed by atoms with Crippen molar-refractivity contribution in [3.05, 3.63) is 60.6 Å². The van der Waals surface area contributed by atoms with Gasteiger partial charge in [-0.1, -0.05) is 6.07 Å². The first kappa shape index (κ1) is 20.5. The number of pyridine rings is 1. The normalized spacial score (nSPS) is 11.6. The number of rotatable bonds is 7. The lowest BCUT2D eigenvalue weighted by atomic mass is 10.3. The maximum absolute atomic E-state index is 12.6. The highest BCUT2D eigenvalue weighted by Crippen LogP contribution is 2.17. The maximum Gasteiger partial charge on any atom is 0.321 e. The van der Waals surface area contributed by atoms with E-state index in [0.717, 1.165) is 9.95 Å². The van der Waals surface area contributed by atoms with Crippen molar-refractivity contribution in [3.8, 4) is 0 Å². The summed E-state index contributed by atoms with van der Waals surface area (Å²) in [5, 5.41) is 2.56. The van der Waals surface area contributed by atoms with E-state index in [1.165, 1.54) is 38.2 Å². The van der Waals surface area contributed by atoms with Crippen molar-refractivity contribution in [3.63, 3.8) is 0 Å². The zero-order valence-corrected chi connectivity index (χ0v) is 16.7. The number of aromatic nitrogens is 2. The van der Waals surface area contributed by atoms with Gasteiger partial charge in [0.25, 0.3) is 0 Å². The Morgan fingerprint density at radius 3 is 2.55 bits per heavy atom. The Hall–Kier alpha value is -3.24. The number of carbonyl (C=O) groups is 2. The third-order valence-corrected chi connectivity index (χ3v) is 5.85. The number of imidazole rings is 1. The van der Waals surface area contributed by atoms with Crippen molar-refractivity contribution in [2.24, 2.45) is 0 Å². The van der Waals surface area contributed by atoms with Gasteiger partial charge in [-0.3, -0.25) is 9.59 Å². The van der Waals surface area contributed by atoms with E-state index in [2.05, 4.69) is 10.3 Å². The summed E-state index contributed by atoms with van der Waals surface area (Å²) >= 11 is 0. The minimum absolute atomic E-state index is 0.00209. The summed E-state index contributed by atoms with van der Waals surface area (Å²) < 4.78 is 33.1. The third-order valence-electron chi connectivity index (χ3n) is 4.03. The molecular weight excluding hydrogens is 396 g/mol. The van der Waals surface area contributed by atoms with Gasteiger partial charge in [-0.15, -0.1) is 0 Å². The second kappa shape index (κ2) is 8.41. The number of esters is 1. The fourth-order valence-corrected chi connectivity index (χ4v) is 3.73. The quantitative estimate of drug-likeness (QED) is 0.587. The molecular formula is C19H20N4O5S. The predicted molar refractivity (Wildman–Crippen MR) is 106 cm³/mol. The van der Waals surface area contributed by atoms with E-state index in [0.29, 0.717) is 11.4 Å². The number of carbonyl (C=O) groups excluding carboxylic acids is 2. The van der Waals surface area contributed by atoms with E-state index in [1.54, 1.807) is 10.6 Å². The molecule has 2 aromatic heterocycles. The Bertz CT molecular complexity index is 1110. The fraction of sp³-hybridized carbons (Fsp3) is 0.211. The Kier molecular flexibility index (Phi) is 5.95. The Balaban J connectivity index is 1.59. The van der Waals surface area contributed by atoms with Crippen LogP contribution < -0.4 is 5.32 Å². The molecule has 3 aromatic rings. The van der Waals surface area contributed by atoms with Gasteiger partial charge >= 0.3 is 5.97 Å². The van der Waals surface area contributed by atoms with E-state index < -0.39 is 22.5 Å². The van der Waals surface area contributed by atoms with Crippen molar-refractivity contribution in [1.29, 1.82) is 0 Å². The van der Waals surface area contributed by atoms with Crippen LogP contribution in [-0.4, -0.2) is 47.6 Å². The second-order valence-corrected chi connectivity index (χ2v) is 8.37. The molecule has 0 bridgehead atoms. The summed E-state index contributed by atoms with van der Waals surface area (Å²) in [5.74, 6) is -0.950. The van der Waals surface area contributed by atoms with Gasteiger partial charge < -0.3 is 14.5 Å². The number of ether oxygens (including phenoxy) is 1. The Morgan fingerprint density at radius 2 is 1.90 bits per heavy atom. The molecule has 0 aliphatic rings. The summed E-state index contributed by atoms with van der Waals surface area (Å²) in [5.41, 5.74) is 1.76. The first-order valence-electron chi connectivity index (χ1n) is 8.68. The molecule has 10 heteroatoms. The summed E-state index contributed by atoms with van der Waals surface area (Å²) in [6.07, 6.45) is 3.56. The van der Waals surface area contributed by atoms with Crippen LogP contribution in [-0.2, 0) is 31.0 Å². The lowest BCUT2D eigenvalue weighted by molar-refractivity contribution is -0.145. The highest BCUT2D eigenvalue weighted by molar-refractivity contribution is 7.89. The van der Waals surface area contributed by atoms with Gasteiger partial charge in [0.15, 0.2) is 0 Å². The number of likely N-dealkylation sites (N-methyl/N-ethyl adjacent to an activating group) is 1. The Labute approximate surface area is 168 Å². The third kappa shape index (κ3) is 4.98. The highest BCUT2D eigenvalue weighted by atomic mass is 32.2. The monoisotopic (exact) mass is 416 g/mol. The molecule has 0 aliphatic heterocycles. The topological polar surface area (TPSA) is 110 Å². The molecule has 3 rings (SSSR count). The predicted octanol–water partition coefficient (Wildman–Crippen LogP) is 1.66. The number of benzene rings is 1. The van der Waals surface area contributed by atoms with Gasteiger partial charge in [-0.05, 0) is 36.4 Å². The molecule has 0 spiro atoms. The average Bonchev–Trinajstić information content (AvgIpc) is 3.09. The van der Waals surface area contributed by atoms with Gasteiger partial charge in [-0.2, -0.15) is 4.31 Å².